The van der Waals surface area contributed by atoms with Crippen molar-refractivity contribution in [1.82, 2.24) is 10.3 Å². The van der Waals surface area contributed by atoms with Gasteiger partial charge in [-0.2, -0.15) is 0 Å². The van der Waals surface area contributed by atoms with E-state index >= 15 is 0 Å². The molecule has 8 nitrogen and oxygen atoms in total. The maximum Gasteiger partial charge on any atom is 0.319 e. The maximum absolute atomic E-state index is 11.8. The lowest BCUT2D eigenvalue weighted by Gasteiger charge is -2.11. The Morgan fingerprint density at radius 1 is 1.63 bits per heavy atom. The van der Waals surface area contributed by atoms with Crippen LogP contribution in [0.4, 0.5) is 5.69 Å². The second-order valence-corrected chi connectivity index (χ2v) is 4.09. The molecule has 0 aliphatic rings. The molecule has 1 rings (SSSR count). The van der Waals surface area contributed by atoms with Gasteiger partial charge in [0.25, 0.3) is 5.91 Å². The highest BCUT2D eigenvalue weighted by Crippen LogP contribution is 2.25. The molecule has 1 heterocycles. The minimum absolute atomic E-state index is 0.262. The standard InChI is InChI=1S/C10H10ClN3O5/c1-5(4-7(15)16)13-10(17)6-2-3-12-9(11)8(6)14(18)19/h2-3,5H,4H2,1H3,(H,13,17)(H,15,16). The first-order valence-electron chi connectivity index (χ1n) is 5.14. The quantitative estimate of drug-likeness (QED) is 0.477. The number of aliphatic carboxylic acids is 1. The molecule has 0 bridgehead atoms. The van der Waals surface area contributed by atoms with Crippen LogP contribution < -0.4 is 5.32 Å². The number of aromatic nitrogens is 1. The van der Waals surface area contributed by atoms with Crippen LogP contribution in [0, 0.1) is 10.1 Å². The fourth-order valence-electron chi connectivity index (χ4n) is 1.40. The third kappa shape index (κ3) is 3.88. The predicted molar refractivity (Wildman–Crippen MR) is 65.1 cm³/mol. The molecule has 0 aliphatic heterocycles. The molecule has 1 aromatic rings. The van der Waals surface area contributed by atoms with Gasteiger partial charge in [0.1, 0.15) is 5.56 Å². The molecule has 0 fully saturated rings. The van der Waals surface area contributed by atoms with Gasteiger partial charge in [0.15, 0.2) is 0 Å². The highest BCUT2D eigenvalue weighted by Gasteiger charge is 2.25. The number of halogens is 1. The summed E-state index contributed by atoms with van der Waals surface area (Å²) in [5.41, 5.74) is -0.869. The Bertz CT molecular complexity index is 534. The van der Waals surface area contributed by atoms with Crippen LogP contribution in [0.15, 0.2) is 12.3 Å². The zero-order chi connectivity index (χ0) is 14.6. The number of carboxylic acids is 1. The summed E-state index contributed by atoms with van der Waals surface area (Å²) in [6.45, 7) is 1.47. The summed E-state index contributed by atoms with van der Waals surface area (Å²) in [5.74, 6) is -1.86. The maximum atomic E-state index is 11.8. The summed E-state index contributed by atoms with van der Waals surface area (Å²) >= 11 is 5.56. The summed E-state index contributed by atoms with van der Waals surface area (Å²) in [5, 5.41) is 21.3. The molecule has 0 aliphatic carbocycles. The summed E-state index contributed by atoms with van der Waals surface area (Å²) in [6.07, 6.45) is 0.866. The van der Waals surface area contributed by atoms with Gasteiger partial charge in [0, 0.05) is 12.2 Å². The second kappa shape index (κ2) is 6.10. The monoisotopic (exact) mass is 287 g/mol. The van der Waals surface area contributed by atoms with Crippen LogP contribution in [0.2, 0.25) is 5.15 Å². The highest BCUT2D eigenvalue weighted by atomic mass is 35.5. The lowest BCUT2D eigenvalue weighted by atomic mass is 10.2. The molecule has 0 saturated carbocycles. The summed E-state index contributed by atoms with van der Waals surface area (Å²) < 4.78 is 0. The number of carbonyl (C=O) groups excluding carboxylic acids is 1. The zero-order valence-corrected chi connectivity index (χ0v) is 10.5. The average Bonchev–Trinajstić information content (AvgIpc) is 2.26. The molecular formula is C10H10ClN3O5. The molecule has 0 spiro atoms. The van der Waals surface area contributed by atoms with E-state index in [-0.39, 0.29) is 12.0 Å². The van der Waals surface area contributed by atoms with Gasteiger partial charge in [-0.15, -0.1) is 0 Å². The number of carboxylic acid groups (broad SMARTS) is 1. The number of nitro groups is 1. The highest BCUT2D eigenvalue weighted by molar-refractivity contribution is 6.32. The van der Waals surface area contributed by atoms with Gasteiger partial charge >= 0.3 is 11.7 Å². The fraction of sp³-hybridized carbons (Fsp3) is 0.300. The van der Waals surface area contributed by atoms with Crippen molar-refractivity contribution in [2.24, 2.45) is 0 Å². The van der Waals surface area contributed by atoms with Gasteiger partial charge in [0.05, 0.1) is 11.3 Å². The van der Waals surface area contributed by atoms with Gasteiger partial charge in [-0.25, -0.2) is 4.98 Å². The van der Waals surface area contributed by atoms with Crippen LogP contribution in [-0.4, -0.2) is 32.9 Å². The molecule has 0 aromatic carbocycles. The summed E-state index contributed by atoms with van der Waals surface area (Å²) in [6, 6.07) is 0.476. The van der Waals surface area contributed by atoms with Gasteiger partial charge in [-0.1, -0.05) is 11.6 Å². The number of carbonyl (C=O) groups is 2. The summed E-state index contributed by atoms with van der Waals surface area (Å²) in [4.78, 5) is 35.8. The Morgan fingerprint density at radius 2 is 2.26 bits per heavy atom. The molecule has 1 amide bonds. The molecule has 102 valence electrons. The minimum Gasteiger partial charge on any atom is -0.481 e. The molecule has 1 atom stereocenters. The number of hydrogen-bond acceptors (Lipinski definition) is 5. The SMILES string of the molecule is CC(CC(=O)O)NC(=O)c1ccnc(Cl)c1[N+](=O)[O-]. The smallest absolute Gasteiger partial charge is 0.319 e. The van der Waals surface area contributed by atoms with Crippen molar-refractivity contribution in [3.63, 3.8) is 0 Å². The Balaban J connectivity index is 2.97. The molecule has 1 unspecified atom stereocenters. The average molecular weight is 288 g/mol. The molecule has 1 aromatic heterocycles. The van der Waals surface area contributed by atoms with Gasteiger partial charge in [0.2, 0.25) is 5.15 Å². The predicted octanol–water partition coefficient (Wildman–Crippen LogP) is 1.24. The number of pyridine rings is 1. The molecule has 2 N–H and O–H groups in total. The van der Waals surface area contributed by atoms with E-state index in [4.69, 9.17) is 16.7 Å². The van der Waals surface area contributed by atoms with Crippen molar-refractivity contribution in [3.8, 4) is 0 Å². The summed E-state index contributed by atoms with van der Waals surface area (Å²) in [7, 11) is 0. The number of nitrogens with one attached hydrogen (secondary N) is 1. The molecule has 9 heteroatoms. The molecular weight excluding hydrogens is 278 g/mol. The van der Waals surface area contributed by atoms with Crippen molar-refractivity contribution in [3.05, 3.63) is 33.1 Å². The van der Waals surface area contributed by atoms with Crippen LogP contribution in [0.5, 0.6) is 0 Å². The van der Waals surface area contributed by atoms with E-state index in [0.717, 1.165) is 12.3 Å². The lowest BCUT2D eigenvalue weighted by Crippen LogP contribution is -2.34. The van der Waals surface area contributed by atoms with Crippen molar-refractivity contribution in [2.45, 2.75) is 19.4 Å². The minimum atomic E-state index is -1.09. The molecule has 0 radical (unpaired) electrons. The first-order valence-corrected chi connectivity index (χ1v) is 5.52. The zero-order valence-electron chi connectivity index (χ0n) is 9.79. The van der Waals surface area contributed by atoms with Crippen LogP contribution in [-0.2, 0) is 4.79 Å². The van der Waals surface area contributed by atoms with Gasteiger partial charge in [-0.3, -0.25) is 19.7 Å². The Morgan fingerprint density at radius 3 is 2.79 bits per heavy atom. The van der Waals surface area contributed by atoms with Crippen molar-refractivity contribution >= 4 is 29.2 Å². The lowest BCUT2D eigenvalue weighted by molar-refractivity contribution is -0.385. The van der Waals surface area contributed by atoms with Crippen LogP contribution in [0.3, 0.4) is 0 Å². The third-order valence-electron chi connectivity index (χ3n) is 2.17. The molecule has 0 saturated heterocycles. The van der Waals surface area contributed by atoms with E-state index in [0.29, 0.717) is 0 Å². The van der Waals surface area contributed by atoms with Crippen molar-refractivity contribution in [2.75, 3.05) is 0 Å². The van der Waals surface area contributed by atoms with Crippen LogP contribution >= 0.6 is 11.6 Å². The van der Waals surface area contributed by atoms with Gasteiger partial charge < -0.3 is 10.4 Å². The Hall–Kier alpha value is -2.22. The van der Waals surface area contributed by atoms with E-state index in [2.05, 4.69) is 10.3 Å². The number of amides is 1. The van der Waals surface area contributed by atoms with Gasteiger partial charge in [-0.05, 0) is 13.0 Å². The van der Waals surface area contributed by atoms with Crippen LogP contribution in [0.25, 0.3) is 0 Å². The number of hydrogen-bond donors (Lipinski definition) is 2. The number of rotatable bonds is 5. The largest absolute Gasteiger partial charge is 0.481 e. The Labute approximate surface area is 112 Å². The Kier molecular flexibility index (Phi) is 4.76. The van der Waals surface area contributed by atoms with Crippen LogP contribution in [0.1, 0.15) is 23.7 Å². The third-order valence-corrected chi connectivity index (χ3v) is 2.44. The fourth-order valence-corrected chi connectivity index (χ4v) is 1.63. The van der Waals surface area contributed by atoms with E-state index in [1.165, 1.54) is 6.92 Å². The van der Waals surface area contributed by atoms with E-state index in [1.54, 1.807) is 0 Å². The normalized spacial score (nSPS) is 11.7. The van der Waals surface area contributed by atoms with E-state index in [9.17, 15) is 19.7 Å². The second-order valence-electron chi connectivity index (χ2n) is 3.73. The van der Waals surface area contributed by atoms with E-state index < -0.39 is 33.7 Å². The first-order chi connectivity index (χ1) is 8.82. The van der Waals surface area contributed by atoms with Crippen molar-refractivity contribution < 1.29 is 19.6 Å². The molecule has 19 heavy (non-hydrogen) atoms. The first kappa shape index (κ1) is 14.8. The number of nitrogens with zero attached hydrogens (tertiary/aromatic N) is 2. The topological polar surface area (TPSA) is 122 Å². The van der Waals surface area contributed by atoms with E-state index in [1.807, 2.05) is 0 Å². The van der Waals surface area contributed by atoms with Crippen molar-refractivity contribution in [1.29, 1.82) is 0 Å².